The van der Waals surface area contributed by atoms with Gasteiger partial charge in [0.1, 0.15) is 0 Å². The molecule has 220 valence electrons. The van der Waals surface area contributed by atoms with E-state index in [0.29, 0.717) is 30.8 Å². The molecular formula is C28H26F3N5O4S2. The number of hydrogen-bond donors (Lipinski definition) is 4. The van der Waals surface area contributed by atoms with Crippen LogP contribution in [0.5, 0.6) is 0 Å². The van der Waals surface area contributed by atoms with E-state index in [9.17, 15) is 31.2 Å². The topological polar surface area (TPSA) is 129 Å². The number of thiazole rings is 1. The molecule has 0 spiro atoms. The van der Waals surface area contributed by atoms with Crippen molar-refractivity contribution in [2.75, 3.05) is 28.9 Å². The van der Waals surface area contributed by atoms with Crippen LogP contribution < -0.4 is 20.7 Å². The van der Waals surface area contributed by atoms with Gasteiger partial charge >= 0.3 is 6.18 Å². The maximum atomic E-state index is 13.4. The number of anilines is 3. The van der Waals surface area contributed by atoms with Crippen molar-refractivity contribution in [1.29, 1.82) is 0 Å². The third kappa shape index (κ3) is 7.64. The van der Waals surface area contributed by atoms with Gasteiger partial charge in [0.15, 0.2) is 5.13 Å². The molecule has 14 heteroatoms. The van der Waals surface area contributed by atoms with E-state index in [2.05, 4.69) is 25.7 Å². The normalized spacial score (nSPS) is 11.5. The average molecular weight is 618 g/mol. The van der Waals surface area contributed by atoms with Crippen molar-refractivity contribution in [3.05, 3.63) is 88.8 Å². The summed E-state index contributed by atoms with van der Waals surface area (Å²) in [6.07, 6.45) is -4.44. The fraction of sp³-hybridized carbons (Fsp3) is 0.179. The zero-order valence-electron chi connectivity index (χ0n) is 22.4. The highest BCUT2D eigenvalue weighted by Crippen LogP contribution is 2.34. The summed E-state index contributed by atoms with van der Waals surface area (Å²) in [6.45, 7) is 2.21. The van der Waals surface area contributed by atoms with Crippen molar-refractivity contribution in [2.45, 2.75) is 24.4 Å². The molecule has 0 atom stereocenters. The number of carbonyl (C=O) groups excluding carboxylic acids is 2. The standard InChI is InChI=1S/C28H26F3N5O4S2/c1-17-3-10-21(11-4-17)42(39,40)36-23-15-19(28(29,30)31)7-12-22(23)26(38)35-27-34-24(16-41-27)18-5-8-20(9-6-18)33-14-13-25(37)32-2/h3-12,15-16,33,36H,13-14H2,1-2H3,(H,32,37)(H,34,35,38). The fourth-order valence-electron chi connectivity index (χ4n) is 3.76. The van der Waals surface area contributed by atoms with Crippen molar-refractivity contribution in [3.8, 4) is 11.3 Å². The Morgan fingerprint density at radius 1 is 0.976 bits per heavy atom. The lowest BCUT2D eigenvalue weighted by molar-refractivity contribution is -0.137. The molecule has 0 aliphatic rings. The molecule has 42 heavy (non-hydrogen) atoms. The quantitative estimate of drug-likeness (QED) is 0.180. The summed E-state index contributed by atoms with van der Waals surface area (Å²) in [5, 5.41) is 10.1. The number of hydrogen-bond acceptors (Lipinski definition) is 7. The minimum atomic E-state index is -4.77. The lowest BCUT2D eigenvalue weighted by Gasteiger charge is -2.15. The van der Waals surface area contributed by atoms with Crippen molar-refractivity contribution >= 4 is 49.7 Å². The minimum absolute atomic E-state index is 0.0803. The Morgan fingerprint density at radius 3 is 2.31 bits per heavy atom. The summed E-state index contributed by atoms with van der Waals surface area (Å²) in [5.74, 6) is -0.926. The van der Waals surface area contributed by atoms with Gasteiger partial charge in [-0.15, -0.1) is 11.3 Å². The van der Waals surface area contributed by atoms with E-state index in [1.807, 2.05) is 12.1 Å². The zero-order valence-corrected chi connectivity index (χ0v) is 24.0. The summed E-state index contributed by atoms with van der Waals surface area (Å²) in [6, 6.07) is 15.1. The van der Waals surface area contributed by atoms with E-state index in [0.717, 1.165) is 34.2 Å². The lowest BCUT2D eigenvalue weighted by atomic mass is 10.1. The molecule has 0 fully saturated rings. The van der Waals surface area contributed by atoms with Gasteiger partial charge in [-0.25, -0.2) is 13.4 Å². The minimum Gasteiger partial charge on any atom is -0.385 e. The second-order valence-corrected chi connectivity index (χ2v) is 11.6. The first kappa shape index (κ1) is 30.5. The molecule has 0 unspecified atom stereocenters. The Bertz CT molecular complexity index is 1690. The number of benzene rings is 3. The molecule has 1 heterocycles. The molecule has 4 aromatic rings. The molecule has 2 amide bonds. The van der Waals surface area contributed by atoms with Crippen LogP contribution in [-0.4, -0.2) is 38.8 Å². The van der Waals surface area contributed by atoms with Crippen LogP contribution in [0.15, 0.2) is 77.0 Å². The van der Waals surface area contributed by atoms with Gasteiger partial charge in [0.05, 0.1) is 27.4 Å². The molecule has 9 nitrogen and oxygen atoms in total. The summed E-state index contributed by atoms with van der Waals surface area (Å²) in [5.41, 5.74) is 0.908. The van der Waals surface area contributed by atoms with E-state index in [4.69, 9.17) is 0 Å². The van der Waals surface area contributed by atoms with Crippen LogP contribution in [0.1, 0.15) is 27.9 Å². The number of rotatable bonds is 10. The van der Waals surface area contributed by atoms with Crippen molar-refractivity contribution in [2.24, 2.45) is 0 Å². The molecule has 4 N–H and O–H groups in total. The molecule has 0 saturated carbocycles. The number of nitrogens with one attached hydrogen (secondary N) is 4. The van der Waals surface area contributed by atoms with Gasteiger partial charge in [-0.1, -0.05) is 29.8 Å². The van der Waals surface area contributed by atoms with Gasteiger partial charge in [-0.05, 0) is 49.4 Å². The fourth-order valence-corrected chi connectivity index (χ4v) is 5.54. The number of alkyl halides is 3. The number of carbonyl (C=O) groups is 2. The summed E-state index contributed by atoms with van der Waals surface area (Å²) in [4.78, 5) is 28.7. The lowest BCUT2D eigenvalue weighted by Crippen LogP contribution is -2.20. The van der Waals surface area contributed by atoms with Crippen LogP contribution in [0.4, 0.5) is 29.7 Å². The molecule has 0 saturated heterocycles. The molecule has 0 bridgehead atoms. The largest absolute Gasteiger partial charge is 0.416 e. The van der Waals surface area contributed by atoms with Crippen LogP contribution in [0.2, 0.25) is 0 Å². The van der Waals surface area contributed by atoms with E-state index < -0.39 is 33.4 Å². The van der Waals surface area contributed by atoms with E-state index in [1.54, 1.807) is 43.6 Å². The van der Waals surface area contributed by atoms with Gasteiger partial charge < -0.3 is 10.6 Å². The Morgan fingerprint density at radius 2 is 1.67 bits per heavy atom. The van der Waals surface area contributed by atoms with Crippen LogP contribution in [-0.2, 0) is 21.0 Å². The predicted molar refractivity (Wildman–Crippen MR) is 156 cm³/mol. The Hall–Kier alpha value is -4.43. The number of aromatic nitrogens is 1. The molecule has 0 aliphatic carbocycles. The third-order valence-corrected chi connectivity index (χ3v) is 8.17. The Balaban J connectivity index is 1.52. The van der Waals surface area contributed by atoms with Crippen LogP contribution in [0.3, 0.4) is 0 Å². The second-order valence-electron chi connectivity index (χ2n) is 9.10. The Labute approximate surface area is 244 Å². The molecule has 1 aromatic heterocycles. The van der Waals surface area contributed by atoms with E-state index in [1.165, 1.54) is 12.1 Å². The van der Waals surface area contributed by atoms with Gasteiger partial charge in [-0.2, -0.15) is 13.2 Å². The molecule has 0 radical (unpaired) electrons. The molecule has 3 aromatic carbocycles. The van der Waals surface area contributed by atoms with E-state index in [-0.39, 0.29) is 21.5 Å². The predicted octanol–water partition coefficient (Wildman–Crippen LogP) is 5.74. The number of nitrogens with zero attached hydrogens (tertiary/aromatic N) is 1. The molecule has 4 rings (SSSR count). The van der Waals surface area contributed by atoms with Gasteiger partial charge in [0.2, 0.25) is 5.91 Å². The maximum absolute atomic E-state index is 13.4. The average Bonchev–Trinajstić information content (AvgIpc) is 3.41. The number of sulfonamides is 1. The summed E-state index contributed by atoms with van der Waals surface area (Å²) >= 11 is 1.09. The summed E-state index contributed by atoms with van der Waals surface area (Å²) < 4.78 is 68.3. The highest BCUT2D eigenvalue weighted by molar-refractivity contribution is 7.92. The first-order valence-corrected chi connectivity index (χ1v) is 14.8. The van der Waals surface area contributed by atoms with Crippen molar-refractivity contribution in [1.82, 2.24) is 10.3 Å². The van der Waals surface area contributed by atoms with Crippen LogP contribution in [0, 0.1) is 6.92 Å². The summed E-state index contributed by atoms with van der Waals surface area (Å²) in [7, 11) is -2.74. The smallest absolute Gasteiger partial charge is 0.385 e. The number of halogens is 3. The van der Waals surface area contributed by atoms with Crippen molar-refractivity contribution in [3.63, 3.8) is 0 Å². The van der Waals surface area contributed by atoms with Gasteiger partial charge in [0, 0.05) is 36.6 Å². The van der Waals surface area contributed by atoms with Crippen molar-refractivity contribution < 1.29 is 31.2 Å². The monoisotopic (exact) mass is 617 g/mol. The first-order chi connectivity index (χ1) is 19.9. The van der Waals surface area contributed by atoms with E-state index >= 15 is 0 Å². The highest BCUT2D eigenvalue weighted by atomic mass is 32.2. The number of aryl methyl sites for hydroxylation is 1. The highest BCUT2D eigenvalue weighted by Gasteiger charge is 2.32. The maximum Gasteiger partial charge on any atom is 0.416 e. The van der Waals surface area contributed by atoms with Crippen LogP contribution in [0.25, 0.3) is 11.3 Å². The number of amides is 2. The SMILES string of the molecule is CNC(=O)CCNc1ccc(-c2csc(NC(=O)c3ccc(C(F)(F)F)cc3NS(=O)(=O)c3ccc(C)cc3)n2)cc1. The molecule has 0 aliphatic heterocycles. The van der Waals surface area contributed by atoms with Crippen LogP contribution >= 0.6 is 11.3 Å². The molecular weight excluding hydrogens is 591 g/mol. The third-order valence-electron chi connectivity index (χ3n) is 6.03. The van der Waals surface area contributed by atoms with Gasteiger partial charge in [0.25, 0.3) is 15.9 Å². The Kier molecular flexibility index (Phi) is 9.17. The first-order valence-electron chi connectivity index (χ1n) is 12.5. The zero-order chi connectivity index (χ0) is 30.5. The second kappa shape index (κ2) is 12.6. The van der Waals surface area contributed by atoms with Gasteiger partial charge in [-0.3, -0.25) is 19.6 Å².